The van der Waals surface area contributed by atoms with Crippen LogP contribution in [-0.4, -0.2) is 47.7 Å². The highest BCUT2D eigenvalue weighted by Gasteiger charge is 2.35. The molecule has 0 N–H and O–H groups in total. The van der Waals surface area contributed by atoms with Crippen molar-refractivity contribution in [1.29, 1.82) is 0 Å². The summed E-state index contributed by atoms with van der Waals surface area (Å²) in [5.74, 6) is 0. The molecule has 96 valence electrons. The highest BCUT2D eigenvalue weighted by atomic mass is 79.9. The van der Waals surface area contributed by atoms with Crippen LogP contribution in [0.5, 0.6) is 0 Å². The van der Waals surface area contributed by atoms with E-state index in [-0.39, 0.29) is 18.2 Å². The number of halogens is 4. The first-order chi connectivity index (χ1) is 7.22. The number of rotatable bonds is 3. The van der Waals surface area contributed by atoms with Crippen molar-refractivity contribution in [3.05, 3.63) is 0 Å². The lowest BCUT2D eigenvalue weighted by molar-refractivity contribution is -0.156. The van der Waals surface area contributed by atoms with Gasteiger partial charge in [-0.15, -0.1) is 0 Å². The molecule has 16 heavy (non-hydrogen) atoms. The molecule has 0 spiro atoms. The third kappa shape index (κ3) is 5.01. The third-order valence-corrected chi connectivity index (χ3v) is 3.16. The maximum absolute atomic E-state index is 12.1. The van der Waals surface area contributed by atoms with Crippen molar-refractivity contribution in [2.75, 3.05) is 25.0 Å². The second-order valence-electron chi connectivity index (χ2n) is 4.75. The van der Waals surface area contributed by atoms with Gasteiger partial charge in [-0.05, 0) is 13.8 Å². The molecule has 0 radical (unpaired) electrons. The zero-order valence-electron chi connectivity index (χ0n) is 9.48. The van der Waals surface area contributed by atoms with E-state index in [1.165, 1.54) is 0 Å². The molecule has 1 aliphatic rings. The van der Waals surface area contributed by atoms with Crippen molar-refractivity contribution in [2.45, 2.75) is 38.1 Å². The molecule has 1 aliphatic heterocycles. The Morgan fingerprint density at radius 2 is 2.06 bits per heavy atom. The fraction of sp³-hybridized carbons (Fsp3) is 1.00. The van der Waals surface area contributed by atoms with Crippen molar-refractivity contribution in [2.24, 2.45) is 0 Å². The number of alkyl halides is 4. The molecule has 1 atom stereocenters. The average Bonchev–Trinajstić information content (AvgIpc) is 2.11. The summed E-state index contributed by atoms with van der Waals surface area (Å²) in [6, 6.07) is 0. The SMILES string of the molecule is CC1(C)CN(CCC(F)(F)F)CC(CBr)O1. The van der Waals surface area contributed by atoms with E-state index >= 15 is 0 Å². The van der Waals surface area contributed by atoms with Gasteiger partial charge >= 0.3 is 6.18 Å². The van der Waals surface area contributed by atoms with E-state index in [0.29, 0.717) is 18.4 Å². The number of hydrogen-bond donors (Lipinski definition) is 0. The molecule has 6 heteroatoms. The summed E-state index contributed by atoms with van der Waals surface area (Å²) in [7, 11) is 0. The largest absolute Gasteiger partial charge is 0.390 e. The lowest BCUT2D eigenvalue weighted by Crippen LogP contribution is -2.53. The van der Waals surface area contributed by atoms with Crippen molar-refractivity contribution >= 4 is 15.9 Å². The topological polar surface area (TPSA) is 12.5 Å². The minimum Gasteiger partial charge on any atom is -0.369 e. The second-order valence-corrected chi connectivity index (χ2v) is 5.40. The number of nitrogens with zero attached hydrogens (tertiary/aromatic N) is 1. The molecule has 0 aliphatic carbocycles. The molecule has 1 heterocycles. The van der Waals surface area contributed by atoms with Crippen LogP contribution in [0.3, 0.4) is 0 Å². The van der Waals surface area contributed by atoms with Gasteiger partial charge in [-0.2, -0.15) is 13.2 Å². The smallest absolute Gasteiger partial charge is 0.369 e. The van der Waals surface area contributed by atoms with Crippen molar-refractivity contribution < 1.29 is 17.9 Å². The van der Waals surface area contributed by atoms with Gasteiger partial charge in [0.2, 0.25) is 0 Å². The molecule has 2 nitrogen and oxygen atoms in total. The van der Waals surface area contributed by atoms with Gasteiger partial charge in [0, 0.05) is 25.0 Å². The quantitative estimate of drug-likeness (QED) is 0.744. The molecule has 0 aromatic carbocycles. The molecule has 0 saturated carbocycles. The zero-order valence-corrected chi connectivity index (χ0v) is 11.1. The van der Waals surface area contributed by atoms with Gasteiger partial charge in [0.1, 0.15) is 0 Å². The van der Waals surface area contributed by atoms with Crippen molar-refractivity contribution in [3.8, 4) is 0 Å². The van der Waals surface area contributed by atoms with E-state index in [0.717, 1.165) is 0 Å². The maximum atomic E-state index is 12.1. The van der Waals surface area contributed by atoms with Crippen LogP contribution in [0.2, 0.25) is 0 Å². The van der Waals surface area contributed by atoms with Gasteiger partial charge in [0.05, 0.1) is 18.1 Å². The van der Waals surface area contributed by atoms with Crippen molar-refractivity contribution in [1.82, 2.24) is 4.90 Å². The lowest BCUT2D eigenvalue weighted by atomic mass is 10.1. The van der Waals surface area contributed by atoms with Crippen LogP contribution >= 0.6 is 15.9 Å². The minimum absolute atomic E-state index is 0.0306. The minimum atomic E-state index is -4.08. The van der Waals surface area contributed by atoms with E-state index in [1.807, 2.05) is 18.7 Å². The molecule has 1 saturated heterocycles. The molecule has 0 bridgehead atoms. The summed E-state index contributed by atoms with van der Waals surface area (Å²) in [5, 5.41) is 0.652. The molecular weight excluding hydrogens is 287 g/mol. The summed E-state index contributed by atoms with van der Waals surface area (Å²) in [5.41, 5.74) is -0.373. The highest BCUT2D eigenvalue weighted by molar-refractivity contribution is 9.09. The van der Waals surface area contributed by atoms with Crippen LogP contribution in [0.15, 0.2) is 0 Å². The molecule has 1 unspecified atom stereocenters. The predicted octanol–water partition coefficient (Wildman–Crippen LogP) is 2.81. The molecule has 1 fully saturated rings. The molecule has 0 amide bonds. The average molecular weight is 304 g/mol. The first-order valence-corrected chi connectivity index (χ1v) is 6.37. The number of hydrogen-bond acceptors (Lipinski definition) is 2. The summed E-state index contributed by atoms with van der Waals surface area (Å²) in [6.45, 7) is 4.97. The zero-order chi connectivity index (χ0) is 12.4. The van der Waals surface area contributed by atoms with Crippen LogP contribution in [0.25, 0.3) is 0 Å². The maximum Gasteiger partial charge on any atom is 0.390 e. The monoisotopic (exact) mass is 303 g/mol. The van der Waals surface area contributed by atoms with Gasteiger partial charge in [0.25, 0.3) is 0 Å². The lowest BCUT2D eigenvalue weighted by Gasteiger charge is -2.42. The van der Waals surface area contributed by atoms with Crippen LogP contribution in [0.1, 0.15) is 20.3 Å². The van der Waals surface area contributed by atoms with Crippen LogP contribution in [-0.2, 0) is 4.74 Å². The fourth-order valence-corrected chi connectivity index (χ4v) is 2.29. The Morgan fingerprint density at radius 1 is 1.44 bits per heavy atom. The summed E-state index contributed by atoms with van der Waals surface area (Å²) >= 11 is 3.31. The summed E-state index contributed by atoms with van der Waals surface area (Å²) in [4.78, 5) is 1.82. The Bertz CT molecular complexity index is 233. The van der Waals surface area contributed by atoms with Gasteiger partial charge < -0.3 is 4.74 Å². The van der Waals surface area contributed by atoms with Crippen molar-refractivity contribution in [3.63, 3.8) is 0 Å². The fourth-order valence-electron chi connectivity index (χ4n) is 1.95. The molecule has 1 rings (SSSR count). The Kier molecular flexibility index (Phi) is 4.66. The Morgan fingerprint density at radius 3 is 2.56 bits per heavy atom. The Labute approximate surface area is 102 Å². The van der Waals surface area contributed by atoms with Crippen LogP contribution < -0.4 is 0 Å². The van der Waals surface area contributed by atoms with E-state index in [4.69, 9.17) is 4.74 Å². The molecular formula is C10H17BrF3NO. The predicted molar refractivity (Wildman–Crippen MR) is 59.9 cm³/mol. The van der Waals surface area contributed by atoms with E-state index in [2.05, 4.69) is 15.9 Å². The first-order valence-electron chi connectivity index (χ1n) is 5.25. The van der Waals surface area contributed by atoms with E-state index in [9.17, 15) is 13.2 Å². The Balaban J connectivity index is 2.47. The highest BCUT2D eigenvalue weighted by Crippen LogP contribution is 2.25. The first kappa shape index (κ1) is 14.3. The molecule has 0 aromatic heterocycles. The van der Waals surface area contributed by atoms with Gasteiger partial charge in [-0.3, -0.25) is 4.90 Å². The second kappa shape index (κ2) is 5.23. The van der Waals surface area contributed by atoms with Crippen LogP contribution in [0.4, 0.5) is 13.2 Å². The third-order valence-electron chi connectivity index (χ3n) is 2.44. The van der Waals surface area contributed by atoms with Gasteiger partial charge in [-0.25, -0.2) is 0 Å². The normalized spacial score (nSPS) is 27.0. The van der Waals surface area contributed by atoms with Crippen LogP contribution in [0, 0.1) is 0 Å². The Hall–Kier alpha value is 0.190. The van der Waals surface area contributed by atoms with E-state index < -0.39 is 12.6 Å². The van der Waals surface area contributed by atoms with Gasteiger partial charge in [-0.1, -0.05) is 15.9 Å². The number of ether oxygens (including phenoxy) is 1. The summed E-state index contributed by atoms with van der Waals surface area (Å²) in [6.07, 6.45) is -4.86. The standard InChI is InChI=1S/C10H17BrF3NO/c1-9(2)7-15(4-3-10(12,13)14)6-8(5-11)16-9/h8H,3-7H2,1-2H3. The van der Waals surface area contributed by atoms with E-state index in [1.54, 1.807) is 0 Å². The summed E-state index contributed by atoms with van der Waals surface area (Å²) < 4.78 is 42.1. The van der Waals surface area contributed by atoms with Gasteiger partial charge in [0.15, 0.2) is 0 Å². The number of morpholine rings is 1. The molecule has 0 aromatic rings.